The highest BCUT2D eigenvalue weighted by atomic mass is 16.3. The van der Waals surface area contributed by atoms with Gasteiger partial charge in [-0.25, -0.2) is 0 Å². The Morgan fingerprint density at radius 3 is 2.00 bits per heavy atom. The molecular formula is C12H27NO2. The van der Waals surface area contributed by atoms with Gasteiger partial charge in [-0.3, -0.25) is 0 Å². The lowest BCUT2D eigenvalue weighted by Crippen LogP contribution is -2.47. The lowest BCUT2D eigenvalue weighted by atomic mass is 9.94. The van der Waals surface area contributed by atoms with Crippen LogP contribution in [0, 0.1) is 0 Å². The Hall–Kier alpha value is -0.120. The first-order valence-electron chi connectivity index (χ1n) is 6.21. The monoisotopic (exact) mass is 217 g/mol. The van der Waals surface area contributed by atoms with Crippen molar-refractivity contribution < 1.29 is 10.2 Å². The summed E-state index contributed by atoms with van der Waals surface area (Å²) in [6.45, 7) is 5.71. The molecule has 3 N–H and O–H groups in total. The number of hydrogen-bond donors (Lipinski definition) is 3. The second-order valence-electron chi connectivity index (χ2n) is 4.21. The minimum Gasteiger partial charge on any atom is -0.396 e. The lowest BCUT2D eigenvalue weighted by Gasteiger charge is -2.31. The van der Waals surface area contributed by atoms with Crippen molar-refractivity contribution in [2.75, 3.05) is 19.8 Å². The molecule has 0 aromatic carbocycles. The molecule has 3 heteroatoms. The molecule has 0 bridgehead atoms. The van der Waals surface area contributed by atoms with Gasteiger partial charge in [-0.1, -0.05) is 26.7 Å². The number of nitrogens with one attached hydrogen (secondary N) is 1. The largest absolute Gasteiger partial charge is 0.396 e. The molecule has 3 nitrogen and oxygen atoms in total. The van der Waals surface area contributed by atoms with Gasteiger partial charge in [0.1, 0.15) is 0 Å². The van der Waals surface area contributed by atoms with Crippen LogP contribution in [0.15, 0.2) is 0 Å². The van der Waals surface area contributed by atoms with Crippen LogP contribution in [0.4, 0.5) is 0 Å². The molecule has 0 spiro atoms. The molecule has 0 aromatic rings. The summed E-state index contributed by atoms with van der Waals surface area (Å²) in [5.41, 5.74) is -0.0724. The van der Waals surface area contributed by atoms with E-state index in [0.29, 0.717) is 6.61 Å². The third-order valence-corrected chi connectivity index (χ3v) is 3.24. The molecule has 0 saturated heterocycles. The van der Waals surface area contributed by atoms with Gasteiger partial charge in [-0.05, 0) is 32.2 Å². The third kappa shape index (κ3) is 6.13. The van der Waals surface area contributed by atoms with Gasteiger partial charge in [0.25, 0.3) is 0 Å². The van der Waals surface area contributed by atoms with Gasteiger partial charge in [0.15, 0.2) is 0 Å². The van der Waals surface area contributed by atoms with Gasteiger partial charge < -0.3 is 15.5 Å². The van der Waals surface area contributed by atoms with E-state index in [1.807, 2.05) is 0 Å². The first kappa shape index (κ1) is 14.9. The maximum atomic E-state index is 9.32. The van der Waals surface area contributed by atoms with Gasteiger partial charge in [0, 0.05) is 12.1 Å². The molecule has 0 fully saturated rings. The summed E-state index contributed by atoms with van der Waals surface area (Å²) < 4.78 is 0. The molecule has 0 aliphatic carbocycles. The fourth-order valence-corrected chi connectivity index (χ4v) is 1.72. The van der Waals surface area contributed by atoms with Crippen molar-refractivity contribution in [3.8, 4) is 0 Å². The minimum absolute atomic E-state index is 0.0724. The molecule has 0 aliphatic heterocycles. The summed E-state index contributed by atoms with van der Waals surface area (Å²) in [4.78, 5) is 0. The second kappa shape index (κ2) is 9.13. The van der Waals surface area contributed by atoms with Gasteiger partial charge >= 0.3 is 0 Å². The predicted molar refractivity (Wildman–Crippen MR) is 64.0 cm³/mol. The summed E-state index contributed by atoms with van der Waals surface area (Å²) in [5, 5.41) is 21.4. The molecule has 0 amide bonds. The highest BCUT2D eigenvalue weighted by Crippen LogP contribution is 2.14. The summed E-state index contributed by atoms with van der Waals surface area (Å²) in [5.74, 6) is 0. The van der Waals surface area contributed by atoms with E-state index < -0.39 is 0 Å². The fraction of sp³-hybridized carbons (Fsp3) is 1.00. The Bertz CT molecular complexity index is 127. The summed E-state index contributed by atoms with van der Waals surface area (Å²) in [6.07, 6.45) is 6.23. The highest BCUT2D eigenvalue weighted by Gasteiger charge is 2.23. The van der Waals surface area contributed by atoms with Crippen molar-refractivity contribution in [2.45, 2.75) is 57.9 Å². The summed E-state index contributed by atoms with van der Waals surface area (Å²) in [6, 6.07) is 0. The highest BCUT2D eigenvalue weighted by molar-refractivity contribution is 4.84. The van der Waals surface area contributed by atoms with E-state index in [9.17, 15) is 5.11 Å². The van der Waals surface area contributed by atoms with Crippen molar-refractivity contribution in [2.24, 2.45) is 0 Å². The lowest BCUT2D eigenvalue weighted by molar-refractivity contribution is 0.150. The quantitative estimate of drug-likeness (QED) is 0.488. The topological polar surface area (TPSA) is 52.5 Å². The smallest absolute Gasteiger partial charge is 0.0613 e. The maximum Gasteiger partial charge on any atom is 0.0613 e. The average Bonchev–Trinajstić information content (AvgIpc) is 2.29. The van der Waals surface area contributed by atoms with E-state index in [0.717, 1.165) is 45.1 Å². The van der Waals surface area contributed by atoms with E-state index >= 15 is 0 Å². The molecule has 0 heterocycles. The molecule has 0 radical (unpaired) electrons. The Labute approximate surface area is 93.9 Å². The molecule has 0 unspecified atom stereocenters. The minimum atomic E-state index is -0.0724. The van der Waals surface area contributed by atoms with E-state index in [4.69, 9.17) is 5.11 Å². The van der Waals surface area contributed by atoms with E-state index in [1.165, 1.54) is 0 Å². The van der Waals surface area contributed by atoms with Crippen molar-refractivity contribution >= 4 is 0 Å². The standard InChI is InChI=1S/C12H27NO2/c1-3-12(4-2,11-15)13-9-7-5-6-8-10-14/h13-15H,3-11H2,1-2H3. The molecule has 0 rings (SSSR count). The van der Waals surface area contributed by atoms with E-state index in [2.05, 4.69) is 19.2 Å². The van der Waals surface area contributed by atoms with Gasteiger partial charge in [0.2, 0.25) is 0 Å². The second-order valence-corrected chi connectivity index (χ2v) is 4.21. The number of rotatable bonds is 10. The van der Waals surface area contributed by atoms with Crippen LogP contribution >= 0.6 is 0 Å². The molecule has 92 valence electrons. The number of hydrogen-bond acceptors (Lipinski definition) is 3. The van der Waals surface area contributed by atoms with Crippen LogP contribution in [0.2, 0.25) is 0 Å². The Morgan fingerprint density at radius 1 is 0.933 bits per heavy atom. The molecule has 0 aliphatic rings. The van der Waals surface area contributed by atoms with E-state index in [-0.39, 0.29) is 12.1 Å². The van der Waals surface area contributed by atoms with Crippen molar-refractivity contribution in [3.63, 3.8) is 0 Å². The van der Waals surface area contributed by atoms with Crippen LogP contribution in [0.3, 0.4) is 0 Å². The first-order chi connectivity index (χ1) is 7.24. The summed E-state index contributed by atoms with van der Waals surface area (Å²) >= 11 is 0. The van der Waals surface area contributed by atoms with E-state index in [1.54, 1.807) is 0 Å². The maximum absolute atomic E-state index is 9.32. The fourth-order valence-electron chi connectivity index (χ4n) is 1.72. The number of unbranched alkanes of at least 4 members (excludes halogenated alkanes) is 3. The van der Waals surface area contributed by atoms with Crippen LogP contribution in [-0.4, -0.2) is 35.5 Å². The van der Waals surface area contributed by atoms with Crippen molar-refractivity contribution in [3.05, 3.63) is 0 Å². The Balaban J connectivity index is 3.54. The zero-order valence-corrected chi connectivity index (χ0v) is 10.3. The Morgan fingerprint density at radius 2 is 1.53 bits per heavy atom. The van der Waals surface area contributed by atoms with Crippen LogP contribution in [0.5, 0.6) is 0 Å². The van der Waals surface area contributed by atoms with Gasteiger partial charge in [-0.15, -0.1) is 0 Å². The Kier molecular flexibility index (Phi) is 9.06. The van der Waals surface area contributed by atoms with Crippen LogP contribution in [0.25, 0.3) is 0 Å². The molecule has 0 saturated carbocycles. The zero-order chi connectivity index (χ0) is 11.6. The number of aliphatic hydroxyl groups excluding tert-OH is 2. The molecule has 0 aromatic heterocycles. The third-order valence-electron chi connectivity index (χ3n) is 3.24. The summed E-state index contributed by atoms with van der Waals surface area (Å²) in [7, 11) is 0. The van der Waals surface area contributed by atoms with Crippen LogP contribution in [-0.2, 0) is 0 Å². The van der Waals surface area contributed by atoms with Gasteiger partial charge in [-0.2, -0.15) is 0 Å². The SMILES string of the molecule is CCC(CC)(CO)NCCCCCCO. The van der Waals surface area contributed by atoms with Crippen LogP contribution < -0.4 is 5.32 Å². The number of aliphatic hydroxyl groups is 2. The average molecular weight is 217 g/mol. The molecular weight excluding hydrogens is 190 g/mol. The van der Waals surface area contributed by atoms with Crippen molar-refractivity contribution in [1.82, 2.24) is 5.32 Å². The normalized spacial score (nSPS) is 12.0. The van der Waals surface area contributed by atoms with Crippen LogP contribution in [0.1, 0.15) is 52.4 Å². The first-order valence-corrected chi connectivity index (χ1v) is 6.21. The molecule has 0 atom stereocenters. The predicted octanol–water partition coefficient (Wildman–Crippen LogP) is 1.68. The molecule has 15 heavy (non-hydrogen) atoms. The van der Waals surface area contributed by atoms with Crippen molar-refractivity contribution in [1.29, 1.82) is 0 Å². The zero-order valence-electron chi connectivity index (χ0n) is 10.3. The van der Waals surface area contributed by atoms with Gasteiger partial charge in [0.05, 0.1) is 6.61 Å².